The second-order valence-electron chi connectivity index (χ2n) is 15.4. The van der Waals surface area contributed by atoms with Crippen LogP contribution in [-0.2, 0) is 10.8 Å². The van der Waals surface area contributed by atoms with Gasteiger partial charge in [-0.15, -0.1) is 0 Å². The Balaban J connectivity index is 1.70. The number of hydrogen-bond acceptors (Lipinski definition) is 0. The van der Waals surface area contributed by atoms with Crippen molar-refractivity contribution in [3.8, 4) is 22.3 Å². The molecule has 0 radical (unpaired) electrons. The molecule has 0 aliphatic heterocycles. The Morgan fingerprint density at radius 1 is 0.404 bits per heavy atom. The first kappa shape index (κ1) is 28.8. The zero-order chi connectivity index (χ0) is 32.2. The van der Waals surface area contributed by atoms with Gasteiger partial charge in [-0.25, -0.2) is 0 Å². The van der Waals surface area contributed by atoms with Crippen LogP contribution in [0.2, 0.25) is 0 Å². The Labute approximate surface area is 282 Å². The fourth-order valence-electron chi connectivity index (χ4n) is 7.88. The molecule has 0 aliphatic rings. The Bertz CT molecular complexity index is 2470. The molecule has 0 atom stereocenters. The van der Waals surface area contributed by atoms with Crippen LogP contribution >= 0.6 is 0 Å². The van der Waals surface area contributed by atoms with Crippen LogP contribution in [0.1, 0.15) is 52.7 Å². The van der Waals surface area contributed by atoms with Crippen molar-refractivity contribution in [1.29, 1.82) is 0 Å². The molecule has 228 valence electrons. The van der Waals surface area contributed by atoms with Crippen LogP contribution in [0.25, 0.3) is 85.8 Å². The first-order valence-corrected chi connectivity index (χ1v) is 18.6. The van der Waals surface area contributed by atoms with Crippen molar-refractivity contribution < 1.29 is 0 Å². The van der Waals surface area contributed by atoms with E-state index < -0.39 is 0 Å². The average molecular weight is 670 g/mol. The van der Waals surface area contributed by atoms with Gasteiger partial charge < -0.3 is 0 Å². The van der Waals surface area contributed by atoms with Crippen molar-refractivity contribution in [1.82, 2.24) is 0 Å². The molecule has 9 rings (SSSR count). The van der Waals surface area contributed by atoms with Crippen LogP contribution in [-0.4, -0.2) is 14.5 Å². The molecule has 0 saturated carbocycles. The molecule has 8 aromatic carbocycles. The predicted octanol–water partition coefficient (Wildman–Crippen LogP) is 13.0. The van der Waals surface area contributed by atoms with Gasteiger partial charge in [0.05, 0.1) is 0 Å². The van der Waals surface area contributed by atoms with E-state index in [9.17, 15) is 0 Å². The van der Waals surface area contributed by atoms with Crippen LogP contribution in [0.5, 0.6) is 0 Å². The van der Waals surface area contributed by atoms with Gasteiger partial charge in [-0.05, 0) is 0 Å². The van der Waals surface area contributed by atoms with E-state index in [2.05, 4.69) is 162 Å². The van der Waals surface area contributed by atoms with Crippen LogP contribution < -0.4 is 0 Å². The summed E-state index contributed by atoms with van der Waals surface area (Å²) < 4.78 is 1.48. The molecule has 0 fully saturated rings. The Hall–Kier alpha value is -4.42. The van der Waals surface area contributed by atoms with Gasteiger partial charge in [0.25, 0.3) is 0 Å². The van der Waals surface area contributed by atoms with Crippen molar-refractivity contribution in [3.63, 3.8) is 0 Å². The van der Waals surface area contributed by atoms with E-state index in [1.807, 2.05) is 0 Å². The van der Waals surface area contributed by atoms with Gasteiger partial charge >= 0.3 is 284 Å². The number of benzene rings is 8. The molecule has 0 aliphatic carbocycles. The van der Waals surface area contributed by atoms with Gasteiger partial charge in [-0.1, -0.05) is 0 Å². The minimum atomic E-state index is 0.00982. The monoisotopic (exact) mass is 670 g/mol. The van der Waals surface area contributed by atoms with E-state index in [0.717, 1.165) is 0 Å². The Morgan fingerprint density at radius 3 is 1.34 bits per heavy atom. The van der Waals surface area contributed by atoms with Crippen LogP contribution in [0, 0.1) is 0 Å². The van der Waals surface area contributed by atoms with E-state index in [-0.39, 0.29) is 10.8 Å². The summed E-state index contributed by atoms with van der Waals surface area (Å²) in [4.78, 5) is 2.38. The summed E-state index contributed by atoms with van der Waals surface area (Å²) in [5.74, 6) is 0. The van der Waals surface area contributed by atoms with Gasteiger partial charge in [0, 0.05) is 0 Å². The average Bonchev–Trinajstić information content (AvgIpc) is 3.52. The molecule has 0 spiro atoms. The summed E-state index contributed by atoms with van der Waals surface area (Å²) in [6.45, 7) is 14.1. The summed E-state index contributed by atoms with van der Waals surface area (Å²) in [7, 11) is 0. The zero-order valence-corrected chi connectivity index (χ0v) is 29.7. The summed E-state index contributed by atoms with van der Waals surface area (Å²) in [5, 5.41) is 15.0. The Morgan fingerprint density at radius 2 is 0.872 bits per heavy atom. The summed E-state index contributed by atoms with van der Waals surface area (Å²) in [6.07, 6.45) is 0. The van der Waals surface area contributed by atoms with E-state index in [4.69, 9.17) is 0 Å². The number of fused-ring (bicyclic) bond motifs is 5. The minimum absolute atomic E-state index is 0.00982. The van der Waals surface area contributed by atoms with E-state index in [1.54, 1.807) is 0 Å². The molecule has 0 nitrogen and oxygen atoms in total. The van der Waals surface area contributed by atoms with Crippen molar-refractivity contribution in [2.24, 2.45) is 0 Å². The summed E-state index contributed by atoms with van der Waals surface area (Å²) in [5.41, 5.74) is 8.04. The molecule has 0 amide bonds. The van der Waals surface area contributed by atoms with Crippen LogP contribution in [0.3, 0.4) is 0 Å². The fraction of sp³-hybridized carbons (Fsp3) is 0.174. The molecule has 1 heterocycles. The topological polar surface area (TPSA) is 0 Å². The van der Waals surface area contributed by atoms with E-state index in [1.165, 1.54) is 96.9 Å². The van der Waals surface area contributed by atoms with E-state index >= 15 is 0 Å². The third-order valence-corrected chi connectivity index (χ3v) is 12.2. The van der Waals surface area contributed by atoms with Gasteiger partial charge in [0.15, 0.2) is 0 Å². The second-order valence-corrected chi connectivity index (χ2v) is 17.4. The first-order valence-electron chi connectivity index (χ1n) is 16.8. The van der Waals surface area contributed by atoms with Gasteiger partial charge in [0.1, 0.15) is 0 Å². The fourth-order valence-corrected chi connectivity index (χ4v) is 9.58. The normalized spacial score (nSPS) is 12.9. The summed E-state index contributed by atoms with van der Waals surface area (Å²) >= 11 is 0.347. The van der Waals surface area contributed by atoms with Crippen LogP contribution in [0.15, 0.2) is 120 Å². The maximum absolute atomic E-state index is 2.53. The number of hydrogen-bond donors (Lipinski definition) is 0. The van der Waals surface area contributed by atoms with Crippen molar-refractivity contribution in [2.45, 2.75) is 52.4 Å². The van der Waals surface area contributed by atoms with Gasteiger partial charge in [-0.2, -0.15) is 0 Å². The van der Waals surface area contributed by atoms with Crippen molar-refractivity contribution >= 4 is 78.0 Å². The maximum atomic E-state index is 2.53. The molecular weight excluding hydrogens is 631 g/mol. The SMILES string of the molecule is CC(C)(C)c1cc2ccc3cc(C(C)(C)C)cc4c5c(-c6ccccc6)c6cc7[se]ccc7cc6c(-c6ccccc6)c5c(c1)c2c34. The van der Waals surface area contributed by atoms with Crippen LogP contribution in [0.4, 0.5) is 0 Å². The zero-order valence-electron chi connectivity index (χ0n) is 28.0. The molecule has 0 bridgehead atoms. The second kappa shape index (κ2) is 10.0. The third kappa shape index (κ3) is 4.33. The molecule has 0 N–H and O–H groups in total. The summed E-state index contributed by atoms with van der Waals surface area (Å²) in [6, 6.07) is 44.5. The molecule has 1 aromatic heterocycles. The molecular formula is C46H38Se. The first-order chi connectivity index (χ1) is 22.6. The molecule has 9 aromatic rings. The van der Waals surface area contributed by atoms with Crippen molar-refractivity contribution in [3.05, 3.63) is 131 Å². The van der Waals surface area contributed by atoms with E-state index in [0.29, 0.717) is 14.5 Å². The van der Waals surface area contributed by atoms with Gasteiger partial charge in [-0.3, -0.25) is 0 Å². The predicted molar refractivity (Wildman–Crippen MR) is 208 cm³/mol. The Kier molecular flexibility index (Phi) is 6.15. The molecule has 0 unspecified atom stereocenters. The third-order valence-electron chi connectivity index (χ3n) is 10.3. The molecule has 1 heteroatoms. The standard InChI is InChI=1S/C46H38Se/c1-45(2,3)32-21-30-17-18-31-22-33(46(4,5)6)25-37-42(31)41(30)36(24-32)43-39(27-13-9-7-10-14-27)34-23-29-19-20-47-38(29)26-35(34)40(44(37)43)28-15-11-8-12-16-28/h7-26H,1-6H3. The quantitative estimate of drug-likeness (QED) is 0.0976. The molecule has 0 saturated heterocycles. The number of rotatable bonds is 2. The molecule has 47 heavy (non-hydrogen) atoms. The van der Waals surface area contributed by atoms with Gasteiger partial charge in [0.2, 0.25) is 0 Å². The van der Waals surface area contributed by atoms with Crippen molar-refractivity contribution in [2.75, 3.05) is 0 Å².